The average molecular weight is 529 g/mol. The number of aromatic nitrogens is 4. The van der Waals surface area contributed by atoms with Crippen LogP contribution in [-0.4, -0.2) is 55.9 Å². The number of benzene rings is 1. The molecule has 1 amide bonds. The Morgan fingerprint density at radius 1 is 1.11 bits per heavy atom. The summed E-state index contributed by atoms with van der Waals surface area (Å²) in [4.78, 5) is 31.5. The van der Waals surface area contributed by atoms with E-state index in [-0.39, 0.29) is 5.91 Å². The van der Waals surface area contributed by atoms with Gasteiger partial charge in [-0.3, -0.25) is 9.48 Å². The zero-order valence-corrected chi connectivity index (χ0v) is 22.3. The molecule has 1 N–H and O–H groups in total. The van der Waals surface area contributed by atoms with Crippen LogP contribution in [0, 0.1) is 0 Å². The van der Waals surface area contributed by atoms with E-state index in [1.807, 2.05) is 0 Å². The predicted octanol–water partition coefficient (Wildman–Crippen LogP) is 5.97. The van der Waals surface area contributed by atoms with Crippen LogP contribution in [0.25, 0.3) is 22.2 Å². The minimum atomic E-state index is -0.722. The summed E-state index contributed by atoms with van der Waals surface area (Å²) in [6, 6.07) is 6.66. The molecular formula is C25H26Cl2N6O3. The molecule has 0 bridgehead atoms. The molecule has 3 aromatic heterocycles. The Bertz CT molecular complexity index is 1480. The van der Waals surface area contributed by atoms with Crippen molar-refractivity contribution in [3.63, 3.8) is 0 Å². The van der Waals surface area contributed by atoms with Gasteiger partial charge in [-0.25, -0.2) is 14.3 Å². The van der Waals surface area contributed by atoms with Gasteiger partial charge in [-0.05, 0) is 39.0 Å². The highest BCUT2D eigenvalue weighted by molar-refractivity contribution is 6.39. The number of fused-ring (bicyclic) bond motifs is 1. The van der Waals surface area contributed by atoms with Crippen LogP contribution < -0.4 is 5.32 Å². The van der Waals surface area contributed by atoms with Crippen molar-refractivity contribution in [3.05, 3.63) is 58.5 Å². The lowest BCUT2D eigenvalue weighted by Gasteiger charge is -2.21. The molecule has 0 radical (unpaired) electrons. The van der Waals surface area contributed by atoms with Crippen LogP contribution in [0.3, 0.4) is 0 Å². The van der Waals surface area contributed by atoms with Crippen molar-refractivity contribution in [2.45, 2.75) is 26.4 Å². The molecule has 3 heterocycles. The normalized spacial score (nSPS) is 11.6. The molecule has 0 aliphatic heterocycles. The fraction of sp³-hybridized carbons (Fsp3) is 0.280. The summed E-state index contributed by atoms with van der Waals surface area (Å²) in [5, 5.41) is 8.65. The topological polar surface area (TPSA) is 94.3 Å². The highest BCUT2D eigenvalue weighted by Gasteiger charge is 2.27. The second-order valence-electron chi connectivity index (χ2n) is 9.49. The van der Waals surface area contributed by atoms with Gasteiger partial charge in [0.05, 0.1) is 33.1 Å². The lowest BCUT2D eigenvalue weighted by molar-refractivity contribution is 0.0547. The number of anilines is 2. The van der Waals surface area contributed by atoms with Crippen LogP contribution in [0.2, 0.25) is 10.0 Å². The Balaban J connectivity index is 1.81. The number of hydrogen-bond acceptors (Lipinski definition) is 6. The maximum absolute atomic E-state index is 13.3. The van der Waals surface area contributed by atoms with Crippen LogP contribution in [0.4, 0.5) is 16.3 Å². The molecule has 0 spiro atoms. The summed E-state index contributed by atoms with van der Waals surface area (Å²) >= 11 is 13.2. The first-order valence-electron chi connectivity index (χ1n) is 11.1. The van der Waals surface area contributed by atoms with E-state index in [0.29, 0.717) is 49.3 Å². The maximum Gasteiger partial charge on any atom is 0.419 e. The van der Waals surface area contributed by atoms with Crippen molar-refractivity contribution >= 4 is 57.6 Å². The number of carbonyl (C=O) groups is 2. The van der Waals surface area contributed by atoms with Crippen molar-refractivity contribution in [2.75, 3.05) is 19.4 Å². The third-order valence-electron chi connectivity index (χ3n) is 5.23. The van der Waals surface area contributed by atoms with Gasteiger partial charge in [-0.1, -0.05) is 23.2 Å². The van der Waals surface area contributed by atoms with Gasteiger partial charge in [0.2, 0.25) is 0 Å². The van der Waals surface area contributed by atoms with Crippen LogP contribution in [0.5, 0.6) is 0 Å². The minimum Gasteiger partial charge on any atom is -0.443 e. The second-order valence-corrected chi connectivity index (χ2v) is 10.3. The molecule has 0 fully saturated rings. The van der Waals surface area contributed by atoms with Gasteiger partial charge in [0.1, 0.15) is 11.4 Å². The Hall–Kier alpha value is -3.56. The summed E-state index contributed by atoms with van der Waals surface area (Å²) < 4.78 is 8.74. The molecule has 36 heavy (non-hydrogen) atoms. The molecule has 9 nitrogen and oxygen atoms in total. The summed E-state index contributed by atoms with van der Waals surface area (Å²) in [5.41, 5.74) is 1.90. The highest BCUT2D eigenvalue weighted by Crippen LogP contribution is 2.39. The number of halogens is 2. The van der Waals surface area contributed by atoms with E-state index in [1.165, 1.54) is 9.47 Å². The number of nitrogens with zero attached hydrogens (tertiary/aromatic N) is 5. The number of carbonyl (C=O) groups excluding carboxylic acids is 2. The smallest absolute Gasteiger partial charge is 0.419 e. The van der Waals surface area contributed by atoms with Gasteiger partial charge in [0.15, 0.2) is 0 Å². The summed E-state index contributed by atoms with van der Waals surface area (Å²) in [5.74, 6) is 0.267. The molecule has 0 saturated carbocycles. The largest absolute Gasteiger partial charge is 0.443 e. The molecule has 0 aliphatic carbocycles. The van der Waals surface area contributed by atoms with E-state index in [1.54, 1.807) is 89.5 Å². The first kappa shape index (κ1) is 25.5. The van der Waals surface area contributed by atoms with E-state index in [2.05, 4.69) is 15.4 Å². The van der Waals surface area contributed by atoms with Crippen LogP contribution in [0.1, 0.15) is 31.1 Å². The van der Waals surface area contributed by atoms with Gasteiger partial charge in [0, 0.05) is 56.1 Å². The zero-order valence-electron chi connectivity index (χ0n) is 20.8. The van der Waals surface area contributed by atoms with Crippen LogP contribution in [-0.2, 0) is 11.8 Å². The summed E-state index contributed by atoms with van der Waals surface area (Å²) in [7, 11) is 5.13. The van der Waals surface area contributed by atoms with E-state index < -0.39 is 11.7 Å². The predicted molar refractivity (Wildman–Crippen MR) is 141 cm³/mol. The molecule has 11 heteroatoms. The van der Waals surface area contributed by atoms with Crippen molar-refractivity contribution in [2.24, 2.45) is 7.05 Å². The number of ether oxygens (including phenoxy) is 1. The van der Waals surface area contributed by atoms with E-state index >= 15 is 0 Å². The molecule has 0 aliphatic rings. The van der Waals surface area contributed by atoms with Crippen LogP contribution >= 0.6 is 23.2 Å². The molecule has 188 valence electrons. The summed E-state index contributed by atoms with van der Waals surface area (Å²) in [6.07, 6.45) is 4.40. The first-order chi connectivity index (χ1) is 16.9. The molecule has 1 aromatic carbocycles. The fourth-order valence-electron chi connectivity index (χ4n) is 3.66. The number of amides is 1. The van der Waals surface area contributed by atoms with E-state index in [4.69, 9.17) is 27.9 Å². The first-order valence-corrected chi connectivity index (χ1v) is 11.8. The minimum absolute atomic E-state index is 0.157. The quantitative estimate of drug-likeness (QED) is 0.350. The molecule has 0 atom stereocenters. The molecule has 0 saturated heterocycles. The maximum atomic E-state index is 13.3. The third-order valence-corrected chi connectivity index (χ3v) is 5.93. The lowest BCUT2D eigenvalue weighted by atomic mass is 10.2. The van der Waals surface area contributed by atoms with Crippen molar-refractivity contribution in [1.29, 1.82) is 0 Å². The van der Waals surface area contributed by atoms with E-state index in [0.717, 1.165) is 0 Å². The Kier molecular flexibility index (Phi) is 6.72. The third kappa shape index (κ3) is 5.03. The Morgan fingerprint density at radius 2 is 1.83 bits per heavy atom. The molecule has 4 rings (SSSR count). The molecular weight excluding hydrogens is 503 g/mol. The van der Waals surface area contributed by atoms with Crippen molar-refractivity contribution in [1.82, 2.24) is 24.2 Å². The van der Waals surface area contributed by atoms with E-state index in [9.17, 15) is 9.59 Å². The highest BCUT2D eigenvalue weighted by atomic mass is 35.5. The van der Waals surface area contributed by atoms with Crippen molar-refractivity contribution in [3.8, 4) is 11.3 Å². The number of aryl methyl sites for hydroxylation is 1. The Morgan fingerprint density at radius 3 is 2.42 bits per heavy atom. The average Bonchev–Trinajstić information content (AvgIpc) is 3.33. The SMILES string of the molecule is CN(C)C(=O)c1ccc(Nc2cc3c(cn2)c(Cl)c(-c2cnn(C)c2)n3C(=O)OC(C)(C)C)c(Cl)c1. The number of pyridine rings is 1. The molecule has 0 unspecified atom stereocenters. The van der Waals surface area contributed by atoms with Gasteiger partial charge < -0.3 is 15.0 Å². The standard InChI is InChI=1S/C25H26Cl2N6O3/c1-25(2,3)36-24(35)33-19-10-20(30-18-8-7-14(9-17(18)26)23(34)31(4)5)28-12-16(19)21(27)22(33)15-11-29-32(6)13-15/h7-13H,1-6H3,(H,28,30). The Labute approximate surface area is 218 Å². The second kappa shape index (κ2) is 9.48. The van der Waals surface area contributed by atoms with Gasteiger partial charge in [-0.15, -0.1) is 0 Å². The number of nitrogens with one attached hydrogen (secondary N) is 1. The molecule has 4 aromatic rings. The zero-order chi connectivity index (χ0) is 26.4. The van der Waals surface area contributed by atoms with Gasteiger partial charge >= 0.3 is 6.09 Å². The lowest BCUT2D eigenvalue weighted by Crippen LogP contribution is -2.27. The fourth-order valence-corrected chi connectivity index (χ4v) is 4.22. The van der Waals surface area contributed by atoms with Gasteiger partial charge in [0.25, 0.3) is 5.91 Å². The van der Waals surface area contributed by atoms with Crippen molar-refractivity contribution < 1.29 is 14.3 Å². The van der Waals surface area contributed by atoms with Gasteiger partial charge in [-0.2, -0.15) is 5.10 Å². The number of rotatable bonds is 4. The van der Waals surface area contributed by atoms with Crippen LogP contribution in [0.15, 0.2) is 42.9 Å². The summed E-state index contributed by atoms with van der Waals surface area (Å²) in [6.45, 7) is 5.38. The monoisotopic (exact) mass is 528 g/mol. The number of hydrogen-bond donors (Lipinski definition) is 1.